The lowest BCUT2D eigenvalue weighted by Gasteiger charge is -2.32. The molecule has 2 rings (SSSR count). The molecule has 1 atom stereocenters. The molecule has 0 saturated carbocycles. The summed E-state index contributed by atoms with van der Waals surface area (Å²) < 4.78 is 0. The van der Waals surface area contributed by atoms with Crippen LogP contribution in [0.15, 0.2) is 36.2 Å². The first-order valence-electron chi connectivity index (χ1n) is 7.17. The molecule has 0 fully saturated rings. The smallest absolute Gasteiger partial charge is 0.149 e. The Morgan fingerprint density at radius 3 is 2.57 bits per heavy atom. The van der Waals surface area contributed by atoms with Crippen LogP contribution in [-0.4, -0.2) is 17.1 Å². The summed E-state index contributed by atoms with van der Waals surface area (Å²) in [4.78, 5) is 4.54. The molecule has 7 heteroatoms. The Labute approximate surface area is 145 Å². The summed E-state index contributed by atoms with van der Waals surface area (Å²) in [6.45, 7) is 3.75. The zero-order valence-electron chi connectivity index (χ0n) is 13.2. The fourth-order valence-corrected chi connectivity index (χ4v) is 2.70. The molecule has 0 amide bonds. The van der Waals surface area contributed by atoms with E-state index in [0.717, 1.165) is 5.39 Å². The first kappa shape index (κ1) is 17.8. The van der Waals surface area contributed by atoms with Crippen molar-refractivity contribution in [1.82, 2.24) is 15.8 Å². The maximum Gasteiger partial charge on any atom is 0.149 e. The number of rotatable bonds is 5. The van der Waals surface area contributed by atoms with E-state index in [1.165, 1.54) is 6.20 Å². The van der Waals surface area contributed by atoms with E-state index in [-0.39, 0.29) is 11.6 Å². The second-order valence-corrected chi connectivity index (χ2v) is 6.39. The molecule has 1 heterocycles. The number of nitrogens with one attached hydrogen (secondary N) is 2. The third kappa shape index (κ3) is 3.38. The molecule has 0 spiro atoms. The molecule has 0 aliphatic rings. The fraction of sp³-hybridized carbons (Fsp3) is 0.312. The van der Waals surface area contributed by atoms with E-state index in [0.29, 0.717) is 21.3 Å². The molecule has 23 heavy (non-hydrogen) atoms. The number of nitrogens with two attached hydrogens (primary N) is 1. The number of hydrazine groups is 1. The van der Waals surface area contributed by atoms with Gasteiger partial charge in [0.05, 0.1) is 27.0 Å². The molecule has 1 aromatic carbocycles. The van der Waals surface area contributed by atoms with Crippen LogP contribution >= 0.6 is 23.2 Å². The van der Waals surface area contributed by atoms with E-state index in [4.69, 9.17) is 28.9 Å². The second kappa shape index (κ2) is 6.93. The maximum atomic E-state index is 11.2. The monoisotopic (exact) mass is 354 g/mol. The molecule has 1 unspecified atom stereocenters. The standard InChI is InChI=1S/C16H20Cl2N4O/c1-9(2)16(23,14(19)8-21-20-3)15-5-4-10-6-11(17)12(18)7-13(10)22-15/h4-9,20-21,23H,19H2,1-3H3/b14-8-. The Kier molecular flexibility index (Phi) is 5.37. The van der Waals surface area contributed by atoms with Gasteiger partial charge in [0.25, 0.3) is 0 Å². The van der Waals surface area contributed by atoms with Crippen molar-refractivity contribution in [2.24, 2.45) is 11.7 Å². The number of pyridine rings is 1. The molecule has 5 N–H and O–H groups in total. The van der Waals surface area contributed by atoms with Gasteiger partial charge in [-0.2, -0.15) is 0 Å². The SMILES string of the molecule is CNN/C=C(\N)C(O)(c1ccc2cc(Cl)c(Cl)cc2n1)C(C)C. The van der Waals surface area contributed by atoms with E-state index in [2.05, 4.69) is 15.8 Å². The first-order valence-corrected chi connectivity index (χ1v) is 7.93. The molecule has 0 bridgehead atoms. The topological polar surface area (TPSA) is 83.2 Å². The normalized spacial score (nSPS) is 15.0. The van der Waals surface area contributed by atoms with Crippen molar-refractivity contribution in [2.45, 2.75) is 19.4 Å². The van der Waals surface area contributed by atoms with Crippen molar-refractivity contribution < 1.29 is 5.11 Å². The Hall–Kier alpha value is -1.53. The van der Waals surface area contributed by atoms with Crippen LogP contribution in [0.2, 0.25) is 10.0 Å². The minimum Gasteiger partial charge on any atom is -0.398 e. The molecule has 0 aliphatic carbocycles. The highest BCUT2D eigenvalue weighted by atomic mass is 35.5. The van der Waals surface area contributed by atoms with Gasteiger partial charge >= 0.3 is 0 Å². The van der Waals surface area contributed by atoms with Gasteiger partial charge in [0.1, 0.15) is 5.60 Å². The Balaban J connectivity index is 2.60. The Bertz CT molecular complexity index is 748. The van der Waals surface area contributed by atoms with Crippen LogP contribution in [0, 0.1) is 5.92 Å². The summed E-state index contributed by atoms with van der Waals surface area (Å²) in [5.74, 6) is -0.190. The second-order valence-electron chi connectivity index (χ2n) is 5.57. The van der Waals surface area contributed by atoms with Crippen molar-refractivity contribution in [2.75, 3.05) is 7.05 Å². The number of aromatic nitrogens is 1. The van der Waals surface area contributed by atoms with Gasteiger partial charge in [-0.25, -0.2) is 10.4 Å². The maximum absolute atomic E-state index is 11.2. The number of aliphatic hydroxyl groups is 1. The average molecular weight is 355 g/mol. The first-order chi connectivity index (χ1) is 10.8. The molecule has 2 aromatic rings. The molecule has 0 aliphatic heterocycles. The molecule has 124 valence electrons. The van der Waals surface area contributed by atoms with E-state index in [1.54, 1.807) is 25.2 Å². The molecule has 0 radical (unpaired) electrons. The van der Waals surface area contributed by atoms with Crippen LogP contribution in [-0.2, 0) is 5.60 Å². The van der Waals surface area contributed by atoms with Crippen molar-refractivity contribution in [3.05, 3.63) is 51.9 Å². The summed E-state index contributed by atoms with van der Waals surface area (Å²) in [7, 11) is 1.71. The lowest BCUT2D eigenvalue weighted by Crippen LogP contribution is -2.40. The van der Waals surface area contributed by atoms with E-state index in [1.807, 2.05) is 19.9 Å². The minimum absolute atomic E-state index is 0.190. The third-order valence-electron chi connectivity index (χ3n) is 3.77. The average Bonchev–Trinajstić information content (AvgIpc) is 2.52. The zero-order chi connectivity index (χ0) is 17.2. The molecular weight excluding hydrogens is 335 g/mol. The highest BCUT2D eigenvalue weighted by Crippen LogP contribution is 2.35. The lowest BCUT2D eigenvalue weighted by molar-refractivity contribution is 0.0215. The van der Waals surface area contributed by atoms with Gasteiger partial charge in [-0.1, -0.05) is 43.1 Å². The van der Waals surface area contributed by atoms with Gasteiger partial charge < -0.3 is 16.3 Å². The van der Waals surface area contributed by atoms with E-state index >= 15 is 0 Å². The van der Waals surface area contributed by atoms with E-state index in [9.17, 15) is 5.11 Å². The van der Waals surface area contributed by atoms with Crippen molar-refractivity contribution in [3.63, 3.8) is 0 Å². The van der Waals surface area contributed by atoms with Gasteiger partial charge in [-0.05, 0) is 24.1 Å². The predicted octanol–water partition coefficient (Wildman–Crippen LogP) is 2.91. The number of hydrogen-bond acceptors (Lipinski definition) is 5. The van der Waals surface area contributed by atoms with Crippen LogP contribution in [0.3, 0.4) is 0 Å². The summed E-state index contributed by atoms with van der Waals surface area (Å²) in [6.07, 6.45) is 1.51. The number of benzene rings is 1. The van der Waals surface area contributed by atoms with Crippen molar-refractivity contribution in [3.8, 4) is 0 Å². The largest absolute Gasteiger partial charge is 0.398 e. The van der Waals surface area contributed by atoms with Gasteiger partial charge in [0.15, 0.2) is 0 Å². The zero-order valence-corrected chi connectivity index (χ0v) is 14.7. The van der Waals surface area contributed by atoms with Crippen LogP contribution in [0.1, 0.15) is 19.5 Å². The highest BCUT2D eigenvalue weighted by Gasteiger charge is 2.37. The molecule has 0 saturated heterocycles. The molecule has 1 aromatic heterocycles. The molecule has 5 nitrogen and oxygen atoms in total. The summed E-state index contributed by atoms with van der Waals surface area (Å²) in [5, 5.41) is 12.9. The fourth-order valence-electron chi connectivity index (χ4n) is 2.37. The summed E-state index contributed by atoms with van der Waals surface area (Å²) in [5.41, 5.74) is 11.5. The van der Waals surface area contributed by atoms with Crippen molar-refractivity contribution >= 4 is 34.1 Å². The third-order valence-corrected chi connectivity index (χ3v) is 4.49. The molecular formula is C16H20Cl2N4O. The van der Waals surface area contributed by atoms with Crippen LogP contribution in [0.25, 0.3) is 10.9 Å². The number of hydrogen-bond donors (Lipinski definition) is 4. The summed E-state index contributed by atoms with van der Waals surface area (Å²) in [6, 6.07) is 7.00. The van der Waals surface area contributed by atoms with Gasteiger partial charge in [-0.15, -0.1) is 0 Å². The number of nitrogens with zero attached hydrogens (tertiary/aromatic N) is 1. The summed E-state index contributed by atoms with van der Waals surface area (Å²) >= 11 is 12.1. The Morgan fingerprint density at radius 2 is 1.96 bits per heavy atom. The Morgan fingerprint density at radius 1 is 1.30 bits per heavy atom. The van der Waals surface area contributed by atoms with Crippen LogP contribution in [0.5, 0.6) is 0 Å². The van der Waals surface area contributed by atoms with Crippen LogP contribution < -0.4 is 16.6 Å². The minimum atomic E-state index is -1.41. The van der Waals surface area contributed by atoms with Gasteiger partial charge in [0, 0.05) is 18.6 Å². The quantitative estimate of drug-likeness (QED) is 0.620. The lowest BCUT2D eigenvalue weighted by atomic mass is 9.83. The number of fused-ring (bicyclic) bond motifs is 1. The van der Waals surface area contributed by atoms with Crippen molar-refractivity contribution in [1.29, 1.82) is 0 Å². The van der Waals surface area contributed by atoms with Gasteiger partial charge in [-0.3, -0.25) is 0 Å². The van der Waals surface area contributed by atoms with E-state index < -0.39 is 5.60 Å². The predicted molar refractivity (Wildman–Crippen MR) is 95.0 cm³/mol. The highest BCUT2D eigenvalue weighted by molar-refractivity contribution is 6.42. The van der Waals surface area contributed by atoms with Gasteiger partial charge in [0.2, 0.25) is 0 Å². The number of halogens is 2. The van der Waals surface area contributed by atoms with Crippen LogP contribution in [0.4, 0.5) is 0 Å².